The number of alkyl halides is 3. The van der Waals surface area contributed by atoms with Crippen LogP contribution >= 0.6 is 0 Å². The van der Waals surface area contributed by atoms with Crippen molar-refractivity contribution < 1.29 is 22.7 Å². The number of nitrogens with one attached hydrogen (secondary N) is 2. The molecule has 1 heterocycles. The molecule has 0 saturated carbocycles. The van der Waals surface area contributed by atoms with E-state index >= 15 is 0 Å². The van der Waals surface area contributed by atoms with Crippen LogP contribution in [0, 0.1) is 0 Å². The lowest BCUT2D eigenvalue weighted by molar-refractivity contribution is -0.136. The third-order valence-corrected chi connectivity index (χ3v) is 3.55. The molecular formula is C17H13F3N2O2. The van der Waals surface area contributed by atoms with Gasteiger partial charge in [-0.05, 0) is 36.4 Å². The predicted molar refractivity (Wildman–Crippen MR) is 84.2 cm³/mol. The number of fused-ring (bicyclic) bond motifs is 1. The van der Waals surface area contributed by atoms with Gasteiger partial charge in [-0.15, -0.1) is 0 Å². The van der Waals surface area contributed by atoms with E-state index in [2.05, 4.69) is 10.3 Å². The highest BCUT2D eigenvalue weighted by atomic mass is 19.4. The van der Waals surface area contributed by atoms with Crippen LogP contribution in [0.15, 0.2) is 48.5 Å². The van der Waals surface area contributed by atoms with Crippen molar-refractivity contribution >= 4 is 22.5 Å². The lowest BCUT2D eigenvalue weighted by atomic mass is 10.1. The number of H-pyrrole nitrogens is 1. The van der Waals surface area contributed by atoms with Crippen molar-refractivity contribution in [2.24, 2.45) is 0 Å². The van der Waals surface area contributed by atoms with Crippen LogP contribution < -0.4 is 10.1 Å². The first-order valence-corrected chi connectivity index (χ1v) is 7.03. The second-order valence-corrected chi connectivity index (χ2v) is 5.13. The number of halogens is 3. The topological polar surface area (TPSA) is 54.1 Å². The van der Waals surface area contributed by atoms with Gasteiger partial charge in [0.15, 0.2) is 0 Å². The molecule has 3 rings (SSSR count). The van der Waals surface area contributed by atoms with Crippen molar-refractivity contribution in [2.75, 3.05) is 12.4 Å². The molecule has 3 aromatic rings. The average molecular weight is 334 g/mol. The molecule has 7 heteroatoms. The zero-order chi connectivity index (χ0) is 17.3. The van der Waals surface area contributed by atoms with Crippen LogP contribution in [0.5, 0.6) is 5.75 Å². The second kappa shape index (κ2) is 5.92. The largest absolute Gasteiger partial charge is 0.497 e. The Kier molecular flexibility index (Phi) is 3.92. The van der Waals surface area contributed by atoms with Crippen molar-refractivity contribution in [3.63, 3.8) is 0 Å². The lowest BCUT2D eigenvalue weighted by Crippen LogP contribution is -2.16. The Hall–Kier alpha value is -2.96. The molecule has 0 radical (unpaired) electrons. The Bertz CT molecular complexity index is 900. The first-order chi connectivity index (χ1) is 11.4. The first kappa shape index (κ1) is 15.9. The zero-order valence-corrected chi connectivity index (χ0v) is 12.6. The minimum atomic E-state index is -4.54. The van der Waals surface area contributed by atoms with Gasteiger partial charge in [0.05, 0.1) is 18.4 Å². The van der Waals surface area contributed by atoms with Crippen LogP contribution in [0.4, 0.5) is 18.9 Å². The molecule has 2 aromatic carbocycles. The van der Waals surface area contributed by atoms with Gasteiger partial charge in [-0.1, -0.05) is 12.1 Å². The molecule has 0 aliphatic heterocycles. The number of anilines is 1. The number of aromatic nitrogens is 1. The van der Waals surface area contributed by atoms with Crippen molar-refractivity contribution in [1.29, 1.82) is 0 Å². The summed E-state index contributed by atoms with van der Waals surface area (Å²) in [6.45, 7) is 0. The zero-order valence-electron chi connectivity index (χ0n) is 12.6. The highest BCUT2D eigenvalue weighted by Gasteiger charge is 2.33. The van der Waals surface area contributed by atoms with E-state index < -0.39 is 17.6 Å². The summed E-state index contributed by atoms with van der Waals surface area (Å²) in [4.78, 5) is 15.2. The van der Waals surface area contributed by atoms with Crippen LogP contribution in [-0.2, 0) is 6.18 Å². The van der Waals surface area contributed by atoms with E-state index in [9.17, 15) is 18.0 Å². The highest BCUT2D eigenvalue weighted by molar-refractivity contribution is 6.06. The summed E-state index contributed by atoms with van der Waals surface area (Å²) in [5.41, 5.74) is -0.331. The quantitative estimate of drug-likeness (QED) is 0.744. The molecule has 1 amide bonds. The number of para-hydroxylation sites is 1. The lowest BCUT2D eigenvalue weighted by Gasteiger charge is -2.12. The first-order valence-electron chi connectivity index (χ1n) is 7.03. The molecule has 0 spiro atoms. The number of hydrogen-bond acceptors (Lipinski definition) is 2. The molecule has 0 aliphatic rings. The normalized spacial score (nSPS) is 11.5. The molecule has 0 atom stereocenters. The number of amides is 1. The van der Waals surface area contributed by atoms with Crippen LogP contribution in [0.2, 0.25) is 0 Å². The summed E-state index contributed by atoms with van der Waals surface area (Å²) in [5, 5.41) is 3.03. The summed E-state index contributed by atoms with van der Waals surface area (Å²) in [6.07, 6.45) is -4.54. The minimum absolute atomic E-state index is 0.162. The smallest absolute Gasteiger partial charge is 0.418 e. The highest BCUT2D eigenvalue weighted by Crippen LogP contribution is 2.34. The van der Waals surface area contributed by atoms with E-state index in [1.165, 1.54) is 25.3 Å². The number of hydrogen-bond donors (Lipinski definition) is 2. The molecular weight excluding hydrogens is 321 g/mol. The van der Waals surface area contributed by atoms with Crippen LogP contribution in [0.3, 0.4) is 0 Å². The summed E-state index contributed by atoms with van der Waals surface area (Å²) in [6, 6.07) is 11.6. The Morgan fingerprint density at radius 1 is 1.12 bits per heavy atom. The van der Waals surface area contributed by atoms with Crippen LogP contribution in [-0.4, -0.2) is 18.0 Å². The Balaban J connectivity index is 1.91. The molecule has 0 saturated heterocycles. The molecule has 1 aromatic heterocycles. The fourth-order valence-corrected chi connectivity index (χ4v) is 2.39. The fraction of sp³-hybridized carbons (Fsp3) is 0.118. The number of carbonyl (C=O) groups excluding carboxylic acids is 1. The van der Waals surface area contributed by atoms with Crippen molar-refractivity contribution in [1.82, 2.24) is 4.98 Å². The molecule has 0 bridgehead atoms. The van der Waals surface area contributed by atoms with Gasteiger partial charge in [0.2, 0.25) is 0 Å². The maximum atomic E-state index is 13.0. The summed E-state index contributed by atoms with van der Waals surface area (Å²) in [7, 11) is 1.52. The predicted octanol–water partition coefficient (Wildman–Crippen LogP) is 4.45. The minimum Gasteiger partial charge on any atom is -0.497 e. The third kappa shape index (κ3) is 3.05. The second-order valence-electron chi connectivity index (χ2n) is 5.13. The van der Waals surface area contributed by atoms with Crippen molar-refractivity contribution in [3.8, 4) is 5.75 Å². The van der Waals surface area contributed by atoms with E-state index in [4.69, 9.17) is 4.74 Å². The Morgan fingerprint density at radius 3 is 2.58 bits per heavy atom. The summed E-state index contributed by atoms with van der Waals surface area (Å²) in [5.74, 6) is -0.0299. The Labute approximate surface area is 135 Å². The Morgan fingerprint density at radius 2 is 1.88 bits per heavy atom. The van der Waals surface area contributed by atoms with E-state index in [1.807, 2.05) is 0 Å². The van der Waals surface area contributed by atoms with Gasteiger partial charge in [-0.25, -0.2) is 0 Å². The number of benzene rings is 2. The third-order valence-electron chi connectivity index (χ3n) is 3.55. The van der Waals surface area contributed by atoms with Crippen LogP contribution in [0.1, 0.15) is 16.1 Å². The van der Waals surface area contributed by atoms with Gasteiger partial charge in [0, 0.05) is 10.9 Å². The molecule has 124 valence electrons. The van der Waals surface area contributed by atoms with Gasteiger partial charge in [0.25, 0.3) is 5.91 Å². The fourth-order valence-electron chi connectivity index (χ4n) is 2.39. The molecule has 4 nitrogen and oxygen atoms in total. The average Bonchev–Trinajstić information content (AvgIpc) is 2.97. The SMILES string of the molecule is COc1ccc2[nH]c(C(=O)Nc3ccccc3C(F)(F)F)cc2c1. The van der Waals surface area contributed by atoms with E-state index in [-0.39, 0.29) is 11.4 Å². The van der Waals surface area contributed by atoms with E-state index in [0.717, 1.165) is 11.5 Å². The monoisotopic (exact) mass is 334 g/mol. The van der Waals surface area contributed by atoms with Crippen molar-refractivity contribution in [2.45, 2.75) is 6.18 Å². The molecule has 24 heavy (non-hydrogen) atoms. The molecule has 2 N–H and O–H groups in total. The van der Waals surface area contributed by atoms with Gasteiger partial charge < -0.3 is 15.0 Å². The van der Waals surface area contributed by atoms with Gasteiger partial charge in [-0.3, -0.25) is 4.79 Å². The number of carbonyl (C=O) groups is 1. The number of methoxy groups -OCH3 is 1. The van der Waals surface area contributed by atoms with Gasteiger partial charge in [0.1, 0.15) is 11.4 Å². The summed E-state index contributed by atoms with van der Waals surface area (Å²) < 4.78 is 44.0. The maximum absolute atomic E-state index is 13.0. The molecule has 0 fully saturated rings. The maximum Gasteiger partial charge on any atom is 0.418 e. The standard InChI is InChI=1S/C17H13F3N2O2/c1-24-11-6-7-13-10(8-11)9-15(21-13)16(23)22-14-5-3-2-4-12(14)17(18,19)20/h2-9,21H,1H3,(H,22,23). The number of aromatic amines is 1. The molecule has 0 unspecified atom stereocenters. The van der Waals surface area contributed by atoms with E-state index in [0.29, 0.717) is 11.3 Å². The number of ether oxygens (including phenoxy) is 1. The van der Waals surface area contributed by atoms with Gasteiger partial charge in [-0.2, -0.15) is 13.2 Å². The van der Waals surface area contributed by atoms with Gasteiger partial charge >= 0.3 is 6.18 Å². The van der Waals surface area contributed by atoms with E-state index in [1.54, 1.807) is 24.3 Å². The molecule has 0 aliphatic carbocycles. The number of rotatable bonds is 3. The summed E-state index contributed by atoms with van der Waals surface area (Å²) >= 11 is 0. The van der Waals surface area contributed by atoms with Crippen LogP contribution in [0.25, 0.3) is 10.9 Å². The van der Waals surface area contributed by atoms with Crippen molar-refractivity contribution in [3.05, 3.63) is 59.8 Å².